The van der Waals surface area contributed by atoms with E-state index in [9.17, 15) is 4.79 Å². The number of fused-ring (bicyclic) bond motifs is 2. The first-order valence-electron chi connectivity index (χ1n) is 11.9. The van der Waals surface area contributed by atoms with Crippen LogP contribution >= 0.6 is 11.6 Å². The molecule has 0 spiro atoms. The lowest BCUT2D eigenvalue weighted by Gasteiger charge is -2.25. The predicted molar refractivity (Wildman–Crippen MR) is 132 cm³/mol. The van der Waals surface area contributed by atoms with Crippen LogP contribution in [0.25, 0.3) is 22.2 Å². The quantitative estimate of drug-likeness (QED) is 0.405. The lowest BCUT2D eigenvalue weighted by atomic mass is 10.0. The maximum atomic E-state index is 13.3. The summed E-state index contributed by atoms with van der Waals surface area (Å²) in [7, 11) is 1.66. The Morgan fingerprint density at radius 2 is 1.94 bits per heavy atom. The van der Waals surface area contributed by atoms with Crippen LogP contribution in [0.15, 0.2) is 42.5 Å². The smallest absolute Gasteiger partial charge is 0.231 e. The molecule has 2 aromatic carbocycles. The zero-order valence-corrected chi connectivity index (χ0v) is 20.1. The van der Waals surface area contributed by atoms with Crippen LogP contribution in [-0.4, -0.2) is 42.8 Å². The van der Waals surface area contributed by atoms with Gasteiger partial charge in [0.05, 0.1) is 17.8 Å². The number of carbonyl (C=O) groups is 1. The maximum absolute atomic E-state index is 13.3. The number of methoxy groups -OCH3 is 1. The lowest BCUT2D eigenvalue weighted by Crippen LogP contribution is -2.34. The molecule has 1 aliphatic carbocycles. The van der Waals surface area contributed by atoms with Crippen molar-refractivity contribution in [1.82, 2.24) is 9.88 Å². The summed E-state index contributed by atoms with van der Waals surface area (Å²) >= 11 is 6.32. The van der Waals surface area contributed by atoms with Crippen molar-refractivity contribution >= 4 is 28.4 Å². The van der Waals surface area contributed by atoms with E-state index in [1.807, 2.05) is 41.3 Å². The molecule has 0 bridgehead atoms. The van der Waals surface area contributed by atoms with Crippen molar-refractivity contribution in [2.24, 2.45) is 5.92 Å². The fourth-order valence-electron chi connectivity index (χ4n) is 4.90. The van der Waals surface area contributed by atoms with Gasteiger partial charge in [-0.3, -0.25) is 4.79 Å². The van der Waals surface area contributed by atoms with Gasteiger partial charge in [0.1, 0.15) is 0 Å². The first-order valence-corrected chi connectivity index (χ1v) is 12.2. The third-order valence-corrected chi connectivity index (χ3v) is 6.94. The molecular weight excluding hydrogens is 452 g/mol. The zero-order chi connectivity index (χ0) is 23.5. The lowest BCUT2D eigenvalue weighted by molar-refractivity contribution is -0.133. The number of rotatable bonds is 8. The molecule has 1 aromatic heterocycles. The summed E-state index contributed by atoms with van der Waals surface area (Å²) < 4.78 is 16.5. The van der Waals surface area contributed by atoms with Crippen LogP contribution in [0, 0.1) is 5.92 Å². The van der Waals surface area contributed by atoms with E-state index in [2.05, 4.69) is 6.07 Å². The van der Waals surface area contributed by atoms with Crippen LogP contribution in [0.3, 0.4) is 0 Å². The molecule has 1 amide bonds. The van der Waals surface area contributed by atoms with E-state index in [-0.39, 0.29) is 12.7 Å². The van der Waals surface area contributed by atoms with Crippen LogP contribution in [0.4, 0.5) is 0 Å². The molecule has 1 saturated carbocycles. The summed E-state index contributed by atoms with van der Waals surface area (Å²) in [6.07, 6.45) is 5.32. The third kappa shape index (κ3) is 4.98. The van der Waals surface area contributed by atoms with E-state index in [0.717, 1.165) is 40.6 Å². The fraction of sp³-hybridized carbons (Fsp3) is 0.407. The van der Waals surface area contributed by atoms with E-state index in [0.29, 0.717) is 48.6 Å². The highest BCUT2D eigenvalue weighted by molar-refractivity contribution is 6.30. The highest BCUT2D eigenvalue weighted by atomic mass is 35.5. The Morgan fingerprint density at radius 1 is 1.15 bits per heavy atom. The number of nitrogens with zero attached hydrogens (tertiary/aromatic N) is 2. The first-order chi connectivity index (χ1) is 16.6. The Balaban J connectivity index is 1.53. The Morgan fingerprint density at radius 3 is 2.71 bits per heavy atom. The summed E-state index contributed by atoms with van der Waals surface area (Å²) in [5, 5.41) is 1.59. The van der Waals surface area contributed by atoms with Gasteiger partial charge in [-0.15, -0.1) is 0 Å². The Hall–Kier alpha value is -2.83. The number of ether oxygens (including phenoxy) is 3. The molecule has 3 aromatic rings. The van der Waals surface area contributed by atoms with Gasteiger partial charge >= 0.3 is 0 Å². The minimum Gasteiger partial charge on any atom is -0.454 e. The van der Waals surface area contributed by atoms with Gasteiger partial charge < -0.3 is 19.1 Å². The number of carbonyl (C=O) groups excluding carboxylic acids is 1. The summed E-state index contributed by atoms with van der Waals surface area (Å²) in [5.74, 6) is 2.06. The minimum atomic E-state index is 0.173. The van der Waals surface area contributed by atoms with Crippen molar-refractivity contribution in [2.75, 3.05) is 27.1 Å². The van der Waals surface area contributed by atoms with E-state index in [4.69, 9.17) is 30.8 Å². The van der Waals surface area contributed by atoms with Gasteiger partial charge in [0, 0.05) is 48.7 Å². The van der Waals surface area contributed by atoms with Gasteiger partial charge in [0.25, 0.3) is 0 Å². The van der Waals surface area contributed by atoms with Gasteiger partial charge in [-0.25, -0.2) is 4.98 Å². The molecule has 2 aliphatic rings. The average Bonchev–Trinajstić information content (AvgIpc) is 3.51. The van der Waals surface area contributed by atoms with E-state index in [1.165, 1.54) is 12.8 Å². The molecule has 1 fully saturated rings. The minimum absolute atomic E-state index is 0.173. The highest BCUT2D eigenvalue weighted by Gasteiger charge is 2.24. The summed E-state index contributed by atoms with van der Waals surface area (Å²) in [4.78, 5) is 20.2. The third-order valence-electron chi connectivity index (χ3n) is 6.70. The highest BCUT2D eigenvalue weighted by Crippen LogP contribution is 2.38. The molecular formula is C27H29ClN2O4. The SMILES string of the molecule is COCCN(Cc1cc2cc3c(cc2nc1-c1cccc(Cl)c1)OCO3)C(=O)CC1CCCC1. The molecule has 0 atom stereocenters. The van der Waals surface area contributed by atoms with Gasteiger partial charge in [0.15, 0.2) is 11.5 Å². The molecule has 0 N–H and O–H groups in total. The standard InChI is InChI=1S/C27H29ClN2O4/c1-32-10-9-30(26(31)11-18-5-2-3-6-18)16-21-12-20-14-24-25(34-17-33-24)15-23(20)29-27(21)19-7-4-8-22(28)13-19/h4,7-8,12-15,18H,2-3,5-6,9-11,16-17H2,1H3. The monoisotopic (exact) mass is 480 g/mol. The van der Waals surface area contributed by atoms with Crippen LogP contribution in [0.1, 0.15) is 37.7 Å². The molecule has 2 heterocycles. The maximum Gasteiger partial charge on any atom is 0.231 e. The average molecular weight is 481 g/mol. The molecule has 7 heteroatoms. The van der Waals surface area contributed by atoms with Crippen molar-refractivity contribution in [3.05, 3.63) is 53.1 Å². The number of pyridine rings is 1. The van der Waals surface area contributed by atoms with Gasteiger partial charge in [-0.2, -0.15) is 0 Å². The van der Waals surface area contributed by atoms with E-state index < -0.39 is 0 Å². The number of benzene rings is 2. The van der Waals surface area contributed by atoms with E-state index in [1.54, 1.807) is 7.11 Å². The molecule has 0 saturated heterocycles. The summed E-state index contributed by atoms with van der Waals surface area (Å²) in [5.41, 5.74) is 3.50. The van der Waals surface area contributed by atoms with Gasteiger partial charge in [0.2, 0.25) is 12.7 Å². The van der Waals surface area contributed by atoms with Gasteiger partial charge in [-0.1, -0.05) is 36.6 Å². The Bertz CT molecular complexity index is 1190. The number of amides is 1. The van der Waals surface area contributed by atoms with Crippen LogP contribution < -0.4 is 9.47 Å². The zero-order valence-electron chi connectivity index (χ0n) is 19.4. The van der Waals surface area contributed by atoms with Crippen LogP contribution in [-0.2, 0) is 16.1 Å². The normalized spacial score (nSPS) is 15.2. The van der Waals surface area contributed by atoms with Crippen molar-refractivity contribution in [2.45, 2.75) is 38.6 Å². The number of hydrogen-bond acceptors (Lipinski definition) is 5. The second-order valence-corrected chi connectivity index (χ2v) is 9.50. The second-order valence-electron chi connectivity index (χ2n) is 9.07. The summed E-state index contributed by atoms with van der Waals surface area (Å²) in [6, 6.07) is 13.6. The van der Waals surface area contributed by atoms with Crippen molar-refractivity contribution in [1.29, 1.82) is 0 Å². The largest absolute Gasteiger partial charge is 0.454 e. The van der Waals surface area contributed by atoms with Crippen molar-refractivity contribution in [3.8, 4) is 22.8 Å². The van der Waals surface area contributed by atoms with Crippen LogP contribution in [0.2, 0.25) is 5.02 Å². The van der Waals surface area contributed by atoms with Crippen molar-refractivity contribution in [3.63, 3.8) is 0 Å². The Labute approximate surface area is 204 Å². The molecule has 1 aliphatic heterocycles. The predicted octanol–water partition coefficient (Wildman–Crippen LogP) is 5.84. The van der Waals surface area contributed by atoms with Crippen molar-refractivity contribution < 1.29 is 19.0 Å². The number of halogens is 1. The molecule has 34 heavy (non-hydrogen) atoms. The van der Waals surface area contributed by atoms with E-state index >= 15 is 0 Å². The fourth-order valence-corrected chi connectivity index (χ4v) is 5.09. The molecule has 0 unspecified atom stereocenters. The number of hydrogen-bond donors (Lipinski definition) is 0. The summed E-state index contributed by atoms with van der Waals surface area (Å²) in [6.45, 7) is 1.69. The molecule has 5 rings (SSSR count). The Kier molecular flexibility index (Phi) is 6.88. The number of aromatic nitrogens is 1. The molecule has 178 valence electrons. The molecule has 0 radical (unpaired) electrons. The first kappa shape index (κ1) is 22.9. The topological polar surface area (TPSA) is 60.9 Å². The molecule has 6 nitrogen and oxygen atoms in total. The van der Waals surface area contributed by atoms with Gasteiger partial charge in [-0.05, 0) is 48.6 Å². The second kappa shape index (κ2) is 10.2. The van der Waals surface area contributed by atoms with Crippen LogP contribution in [0.5, 0.6) is 11.5 Å².